The molecule has 5 heteroatoms. The summed E-state index contributed by atoms with van der Waals surface area (Å²) >= 11 is 0. The lowest BCUT2D eigenvalue weighted by Crippen LogP contribution is -2.09. The summed E-state index contributed by atoms with van der Waals surface area (Å²) in [5, 5.41) is 0.856. The number of nitrogen functional groups attached to an aromatic ring is 1. The summed E-state index contributed by atoms with van der Waals surface area (Å²) in [6.45, 7) is 0. The number of hydrogen-bond donors (Lipinski definition) is 1. The van der Waals surface area contributed by atoms with Crippen molar-refractivity contribution in [1.29, 1.82) is 0 Å². The van der Waals surface area contributed by atoms with E-state index < -0.39 is 5.97 Å². The molecule has 0 unspecified atom stereocenters. The molecule has 2 aromatic carbocycles. The number of carbonyl (C=O) groups excluding carboxylic acids is 1. The Kier molecular flexibility index (Phi) is 3.62. The zero-order valence-electron chi connectivity index (χ0n) is 11.9. The number of nitrogens with zero attached hydrogens (tertiary/aromatic N) is 1. The van der Waals surface area contributed by atoms with Gasteiger partial charge in [-0.15, -0.1) is 0 Å². The topological polar surface area (TPSA) is 74.4 Å². The van der Waals surface area contributed by atoms with E-state index in [0.29, 0.717) is 28.4 Å². The van der Waals surface area contributed by atoms with Crippen LogP contribution in [0.1, 0.15) is 10.4 Å². The van der Waals surface area contributed by atoms with E-state index >= 15 is 0 Å². The summed E-state index contributed by atoms with van der Waals surface area (Å²) in [6.07, 6.45) is 0. The molecule has 0 radical (unpaired) electrons. The molecule has 3 aromatic rings. The normalized spacial score (nSPS) is 10.4. The molecule has 0 atom stereocenters. The SMILES string of the molecule is COc1ccc(C(=O)Oc2cccc3ccc(N)nc23)cc1. The van der Waals surface area contributed by atoms with Crippen molar-refractivity contribution in [3.63, 3.8) is 0 Å². The monoisotopic (exact) mass is 294 g/mol. The Labute approximate surface area is 127 Å². The Hall–Kier alpha value is -3.08. The number of carbonyl (C=O) groups is 1. The highest BCUT2D eigenvalue weighted by Crippen LogP contribution is 2.25. The molecule has 110 valence electrons. The zero-order chi connectivity index (χ0) is 15.5. The molecule has 0 aliphatic heterocycles. The highest BCUT2D eigenvalue weighted by atomic mass is 16.5. The largest absolute Gasteiger partial charge is 0.497 e. The van der Waals surface area contributed by atoms with E-state index in [2.05, 4.69) is 4.98 Å². The number of aromatic nitrogens is 1. The first kappa shape index (κ1) is 13.9. The van der Waals surface area contributed by atoms with E-state index in [1.54, 1.807) is 49.6 Å². The van der Waals surface area contributed by atoms with Crippen LogP contribution in [-0.4, -0.2) is 18.1 Å². The minimum Gasteiger partial charge on any atom is -0.497 e. The molecule has 1 aromatic heterocycles. The van der Waals surface area contributed by atoms with Crippen LogP contribution in [0.2, 0.25) is 0 Å². The van der Waals surface area contributed by atoms with E-state index in [9.17, 15) is 4.79 Å². The van der Waals surface area contributed by atoms with Crippen LogP contribution < -0.4 is 15.2 Å². The molecule has 0 fully saturated rings. The molecule has 0 amide bonds. The van der Waals surface area contributed by atoms with Gasteiger partial charge in [-0.3, -0.25) is 0 Å². The number of benzene rings is 2. The average Bonchev–Trinajstić information content (AvgIpc) is 2.55. The number of pyridine rings is 1. The third-order valence-corrected chi connectivity index (χ3v) is 3.23. The maximum atomic E-state index is 12.2. The summed E-state index contributed by atoms with van der Waals surface area (Å²) in [6, 6.07) is 15.6. The fraction of sp³-hybridized carbons (Fsp3) is 0.0588. The van der Waals surface area contributed by atoms with Gasteiger partial charge in [-0.2, -0.15) is 0 Å². The van der Waals surface area contributed by atoms with E-state index in [1.165, 1.54) is 0 Å². The molecule has 0 spiro atoms. The molecule has 5 nitrogen and oxygen atoms in total. The smallest absolute Gasteiger partial charge is 0.343 e. The number of esters is 1. The number of anilines is 1. The van der Waals surface area contributed by atoms with Crippen molar-refractivity contribution in [3.8, 4) is 11.5 Å². The molecular weight excluding hydrogens is 280 g/mol. The summed E-state index contributed by atoms with van der Waals surface area (Å²) in [4.78, 5) is 16.5. The van der Waals surface area contributed by atoms with Crippen molar-refractivity contribution in [2.24, 2.45) is 0 Å². The molecule has 0 saturated heterocycles. The fourth-order valence-corrected chi connectivity index (χ4v) is 2.10. The quantitative estimate of drug-likeness (QED) is 0.593. The highest BCUT2D eigenvalue weighted by Gasteiger charge is 2.12. The highest BCUT2D eigenvalue weighted by molar-refractivity contribution is 5.94. The first-order valence-electron chi connectivity index (χ1n) is 6.69. The number of methoxy groups -OCH3 is 1. The Balaban J connectivity index is 1.91. The molecular formula is C17H14N2O3. The molecule has 0 aliphatic rings. The molecule has 22 heavy (non-hydrogen) atoms. The van der Waals surface area contributed by atoms with E-state index in [1.807, 2.05) is 12.1 Å². The minimum absolute atomic E-state index is 0.375. The van der Waals surface area contributed by atoms with Gasteiger partial charge in [-0.05, 0) is 42.5 Å². The third-order valence-electron chi connectivity index (χ3n) is 3.23. The van der Waals surface area contributed by atoms with Crippen molar-refractivity contribution in [2.45, 2.75) is 0 Å². The zero-order valence-corrected chi connectivity index (χ0v) is 11.9. The lowest BCUT2D eigenvalue weighted by Gasteiger charge is -2.08. The lowest BCUT2D eigenvalue weighted by atomic mass is 10.2. The predicted molar refractivity (Wildman–Crippen MR) is 84.1 cm³/mol. The Bertz CT molecular complexity index is 829. The van der Waals surface area contributed by atoms with Crippen LogP contribution in [0.15, 0.2) is 54.6 Å². The average molecular weight is 294 g/mol. The molecule has 2 N–H and O–H groups in total. The second kappa shape index (κ2) is 5.73. The number of fused-ring (bicyclic) bond motifs is 1. The molecule has 0 aliphatic carbocycles. The van der Waals surface area contributed by atoms with Crippen LogP contribution in [0.25, 0.3) is 10.9 Å². The van der Waals surface area contributed by atoms with Gasteiger partial charge in [0.15, 0.2) is 5.75 Å². The summed E-state index contributed by atoms with van der Waals surface area (Å²) < 4.78 is 10.5. The second-order valence-corrected chi connectivity index (χ2v) is 4.68. The Morgan fingerprint density at radius 1 is 1.05 bits per heavy atom. The first-order valence-corrected chi connectivity index (χ1v) is 6.69. The van der Waals surface area contributed by atoms with Gasteiger partial charge in [0.25, 0.3) is 0 Å². The van der Waals surface area contributed by atoms with Crippen LogP contribution in [-0.2, 0) is 0 Å². The Morgan fingerprint density at radius 3 is 2.55 bits per heavy atom. The van der Waals surface area contributed by atoms with Crippen molar-refractivity contribution in [1.82, 2.24) is 4.98 Å². The molecule has 1 heterocycles. The van der Waals surface area contributed by atoms with Crippen molar-refractivity contribution < 1.29 is 14.3 Å². The summed E-state index contributed by atoms with van der Waals surface area (Å²) in [5.74, 6) is 0.974. The van der Waals surface area contributed by atoms with Crippen molar-refractivity contribution >= 4 is 22.7 Å². The third kappa shape index (κ3) is 2.69. The summed E-state index contributed by atoms with van der Waals surface area (Å²) in [7, 11) is 1.57. The van der Waals surface area contributed by atoms with Crippen LogP contribution in [0.4, 0.5) is 5.82 Å². The molecule has 0 saturated carbocycles. The number of ether oxygens (including phenoxy) is 2. The van der Waals surface area contributed by atoms with Gasteiger partial charge >= 0.3 is 5.97 Å². The van der Waals surface area contributed by atoms with E-state index in [4.69, 9.17) is 15.2 Å². The van der Waals surface area contributed by atoms with E-state index in [-0.39, 0.29) is 0 Å². The second-order valence-electron chi connectivity index (χ2n) is 4.68. The molecule has 3 rings (SSSR count). The van der Waals surface area contributed by atoms with Gasteiger partial charge in [0.05, 0.1) is 12.7 Å². The summed E-state index contributed by atoms with van der Waals surface area (Å²) in [5.41, 5.74) is 6.69. The maximum Gasteiger partial charge on any atom is 0.343 e. The standard InChI is InChI=1S/C17H14N2O3/c1-21-13-8-5-12(6-9-13)17(20)22-14-4-2-3-11-7-10-15(18)19-16(11)14/h2-10H,1H3,(H2,18,19). The van der Waals surface area contributed by atoms with Gasteiger partial charge in [-0.25, -0.2) is 9.78 Å². The fourth-order valence-electron chi connectivity index (χ4n) is 2.10. The lowest BCUT2D eigenvalue weighted by molar-refractivity contribution is 0.0737. The van der Waals surface area contributed by atoms with Crippen molar-refractivity contribution in [3.05, 3.63) is 60.2 Å². The predicted octanol–water partition coefficient (Wildman–Crippen LogP) is 3.04. The Morgan fingerprint density at radius 2 is 1.82 bits per heavy atom. The maximum absolute atomic E-state index is 12.2. The number of para-hydroxylation sites is 1. The molecule has 0 bridgehead atoms. The van der Waals surface area contributed by atoms with Crippen LogP contribution in [0.3, 0.4) is 0 Å². The van der Waals surface area contributed by atoms with Gasteiger partial charge in [0.2, 0.25) is 0 Å². The van der Waals surface area contributed by atoms with Crippen molar-refractivity contribution in [2.75, 3.05) is 12.8 Å². The van der Waals surface area contributed by atoms with Gasteiger partial charge in [0.1, 0.15) is 17.1 Å². The van der Waals surface area contributed by atoms with Crippen LogP contribution in [0, 0.1) is 0 Å². The van der Waals surface area contributed by atoms with Crippen LogP contribution >= 0.6 is 0 Å². The number of rotatable bonds is 3. The van der Waals surface area contributed by atoms with Gasteiger partial charge in [-0.1, -0.05) is 12.1 Å². The van der Waals surface area contributed by atoms with Crippen LogP contribution in [0.5, 0.6) is 11.5 Å². The number of nitrogens with two attached hydrogens (primary N) is 1. The van der Waals surface area contributed by atoms with Gasteiger partial charge in [0, 0.05) is 5.39 Å². The van der Waals surface area contributed by atoms with Gasteiger partial charge < -0.3 is 15.2 Å². The van der Waals surface area contributed by atoms with E-state index in [0.717, 1.165) is 5.39 Å². The number of hydrogen-bond acceptors (Lipinski definition) is 5. The minimum atomic E-state index is -0.459. The first-order chi connectivity index (χ1) is 10.7.